The Kier molecular flexibility index (Phi) is 5.08. The fraction of sp³-hybridized carbons (Fsp3) is 0.200. The van der Waals surface area contributed by atoms with E-state index in [0.717, 1.165) is 28.7 Å². The Labute approximate surface area is 173 Å². The molecule has 0 saturated carbocycles. The van der Waals surface area contributed by atoms with Gasteiger partial charge in [0.05, 0.1) is 28.5 Å². The Morgan fingerprint density at radius 2 is 2.00 bits per heavy atom. The van der Waals surface area contributed by atoms with Gasteiger partial charge in [0.15, 0.2) is 5.11 Å². The maximum Gasteiger partial charge on any atom is 0.170 e. The molecule has 7 heteroatoms. The van der Waals surface area contributed by atoms with E-state index in [4.69, 9.17) is 35.4 Å². The lowest BCUT2D eigenvalue weighted by atomic mass is 10.0. The third-order valence-electron chi connectivity index (χ3n) is 4.79. The van der Waals surface area contributed by atoms with Gasteiger partial charge in [-0.2, -0.15) is 0 Å². The summed E-state index contributed by atoms with van der Waals surface area (Å²) in [5, 5.41) is 5.39. The first-order valence-electron chi connectivity index (χ1n) is 8.71. The molecule has 0 spiro atoms. The van der Waals surface area contributed by atoms with E-state index in [1.807, 2.05) is 42.6 Å². The number of pyridine rings is 1. The van der Waals surface area contributed by atoms with Gasteiger partial charge in [-0.15, -0.1) is 0 Å². The largest absolute Gasteiger partial charge is 0.352 e. The molecule has 4 nitrogen and oxygen atoms in total. The van der Waals surface area contributed by atoms with E-state index in [9.17, 15) is 0 Å². The van der Waals surface area contributed by atoms with Gasteiger partial charge in [0.1, 0.15) is 0 Å². The van der Waals surface area contributed by atoms with Crippen LogP contribution in [-0.2, 0) is 0 Å². The topological polar surface area (TPSA) is 33.1 Å². The summed E-state index contributed by atoms with van der Waals surface area (Å²) in [4.78, 5) is 6.74. The van der Waals surface area contributed by atoms with Crippen LogP contribution in [-0.4, -0.2) is 26.1 Å². The van der Waals surface area contributed by atoms with Crippen molar-refractivity contribution in [1.82, 2.24) is 19.8 Å². The SMILES string of the molecule is CCN1C(=S)N[C@H](c2ccccn2)[C@H]1c1cccn1-c1ccc(Cl)cc1Cl. The van der Waals surface area contributed by atoms with Gasteiger partial charge >= 0.3 is 0 Å². The van der Waals surface area contributed by atoms with Crippen LogP contribution in [0.3, 0.4) is 0 Å². The van der Waals surface area contributed by atoms with E-state index in [1.165, 1.54) is 0 Å². The zero-order valence-electron chi connectivity index (χ0n) is 14.6. The van der Waals surface area contributed by atoms with Crippen LogP contribution in [0.5, 0.6) is 0 Å². The molecule has 27 heavy (non-hydrogen) atoms. The number of nitrogens with one attached hydrogen (secondary N) is 1. The molecule has 1 aliphatic heterocycles. The molecule has 0 unspecified atom stereocenters. The van der Waals surface area contributed by atoms with Gasteiger partial charge in [-0.3, -0.25) is 4.98 Å². The molecule has 1 saturated heterocycles. The summed E-state index contributed by atoms with van der Waals surface area (Å²) < 4.78 is 2.09. The molecule has 3 aromatic rings. The second-order valence-corrected chi connectivity index (χ2v) is 7.54. The summed E-state index contributed by atoms with van der Waals surface area (Å²) >= 11 is 18.2. The average molecular weight is 417 g/mol. The molecule has 1 N–H and O–H groups in total. The number of benzene rings is 1. The van der Waals surface area contributed by atoms with Gasteiger partial charge in [-0.25, -0.2) is 0 Å². The number of rotatable bonds is 4. The van der Waals surface area contributed by atoms with Crippen LogP contribution >= 0.6 is 35.4 Å². The van der Waals surface area contributed by atoms with Crippen LogP contribution < -0.4 is 5.32 Å². The van der Waals surface area contributed by atoms with Crippen LogP contribution in [0.2, 0.25) is 10.0 Å². The van der Waals surface area contributed by atoms with Crippen molar-refractivity contribution in [2.24, 2.45) is 0 Å². The minimum atomic E-state index is -0.0432. The maximum atomic E-state index is 6.48. The fourth-order valence-corrected chi connectivity index (χ4v) is 4.47. The third kappa shape index (κ3) is 3.31. The normalized spacial score (nSPS) is 19.4. The van der Waals surface area contributed by atoms with Gasteiger partial charge in [0, 0.05) is 29.7 Å². The van der Waals surface area contributed by atoms with Gasteiger partial charge in [-0.05, 0) is 61.6 Å². The van der Waals surface area contributed by atoms with Crippen molar-refractivity contribution in [2.45, 2.75) is 19.0 Å². The van der Waals surface area contributed by atoms with Crippen molar-refractivity contribution in [3.05, 3.63) is 82.4 Å². The molecule has 1 aromatic carbocycles. The summed E-state index contributed by atoms with van der Waals surface area (Å²) in [6, 6.07) is 15.5. The van der Waals surface area contributed by atoms with Gasteiger partial charge in [0.25, 0.3) is 0 Å². The highest BCUT2D eigenvalue weighted by Gasteiger charge is 2.40. The minimum absolute atomic E-state index is 0.000792. The molecule has 138 valence electrons. The lowest BCUT2D eigenvalue weighted by molar-refractivity contribution is 0.321. The molecular weight excluding hydrogens is 399 g/mol. The molecule has 1 fully saturated rings. The predicted molar refractivity (Wildman–Crippen MR) is 114 cm³/mol. The Morgan fingerprint density at radius 3 is 2.70 bits per heavy atom. The monoisotopic (exact) mass is 416 g/mol. The Morgan fingerprint density at radius 1 is 1.15 bits per heavy atom. The number of hydrogen-bond acceptors (Lipinski definition) is 2. The Bertz CT molecular complexity index is 973. The second kappa shape index (κ2) is 7.50. The molecule has 2 atom stereocenters. The predicted octanol–water partition coefficient (Wildman–Crippen LogP) is 5.17. The number of aromatic nitrogens is 2. The van der Waals surface area contributed by atoms with Gasteiger partial charge in [-0.1, -0.05) is 29.3 Å². The Hall–Kier alpha value is -2.08. The highest BCUT2D eigenvalue weighted by molar-refractivity contribution is 7.80. The lowest BCUT2D eigenvalue weighted by Gasteiger charge is -2.28. The zero-order valence-corrected chi connectivity index (χ0v) is 17.0. The van der Waals surface area contributed by atoms with Crippen molar-refractivity contribution in [3.8, 4) is 5.69 Å². The summed E-state index contributed by atoms with van der Waals surface area (Å²) in [6.45, 7) is 2.89. The minimum Gasteiger partial charge on any atom is -0.352 e. The van der Waals surface area contributed by atoms with E-state index in [0.29, 0.717) is 10.0 Å². The number of hydrogen-bond donors (Lipinski definition) is 1. The first-order chi connectivity index (χ1) is 13.1. The number of likely N-dealkylation sites (N-methyl/N-ethyl adjacent to an activating group) is 1. The third-order valence-corrected chi connectivity index (χ3v) is 5.68. The van der Waals surface area contributed by atoms with Crippen LogP contribution in [0.25, 0.3) is 5.69 Å². The summed E-state index contributed by atoms with van der Waals surface area (Å²) in [7, 11) is 0. The van der Waals surface area contributed by atoms with Crippen LogP contribution in [0.15, 0.2) is 60.9 Å². The van der Waals surface area contributed by atoms with E-state index >= 15 is 0 Å². The zero-order chi connectivity index (χ0) is 19.0. The number of halogens is 2. The molecule has 1 aliphatic rings. The second-order valence-electron chi connectivity index (χ2n) is 6.31. The molecule has 4 rings (SSSR count). The molecule has 3 heterocycles. The first kappa shape index (κ1) is 18.3. The summed E-state index contributed by atoms with van der Waals surface area (Å²) in [6.07, 6.45) is 3.82. The highest BCUT2D eigenvalue weighted by Crippen LogP contribution is 2.40. The summed E-state index contributed by atoms with van der Waals surface area (Å²) in [5.74, 6) is 0. The van der Waals surface area contributed by atoms with E-state index in [-0.39, 0.29) is 12.1 Å². The van der Waals surface area contributed by atoms with Gasteiger partial charge in [0.2, 0.25) is 0 Å². The molecule has 0 radical (unpaired) electrons. The number of thiocarbonyl (C=S) groups is 1. The van der Waals surface area contributed by atoms with Crippen molar-refractivity contribution in [3.63, 3.8) is 0 Å². The van der Waals surface area contributed by atoms with Crippen LogP contribution in [0.1, 0.15) is 30.4 Å². The van der Waals surface area contributed by atoms with Crippen molar-refractivity contribution in [2.75, 3.05) is 6.54 Å². The highest BCUT2D eigenvalue weighted by atomic mass is 35.5. The maximum absolute atomic E-state index is 6.48. The standard InChI is InChI=1S/C20H18Cl2N4S/c1-2-25-19(18(24-20(25)27)15-6-3-4-10-23-15)17-7-5-11-26(17)16-9-8-13(21)12-14(16)22/h3-12,18-19H,2H2,1H3,(H,24,27)/t18-,19-/m1/s1. The smallest absolute Gasteiger partial charge is 0.170 e. The Balaban J connectivity index is 1.83. The molecule has 2 aromatic heterocycles. The lowest BCUT2D eigenvalue weighted by Crippen LogP contribution is -2.30. The number of nitrogens with zero attached hydrogens (tertiary/aromatic N) is 3. The van der Waals surface area contributed by atoms with Crippen LogP contribution in [0.4, 0.5) is 0 Å². The van der Waals surface area contributed by atoms with E-state index in [1.54, 1.807) is 12.3 Å². The fourth-order valence-electron chi connectivity index (χ4n) is 3.60. The van der Waals surface area contributed by atoms with Crippen molar-refractivity contribution >= 4 is 40.5 Å². The summed E-state index contributed by atoms with van der Waals surface area (Å²) in [5.41, 5.74) is 2.93. The molecule has 0 amide bonds. The first-order valence-corrected chi connectivity index (χ1v) is 9.87. The van der Waals surface area contributed by atoms with Gasteiger partial charge < -0.3 is 14.8 Å². The quantitative estimate of drug-likeness (QED) is 0.594. The average Bonchev–Trinajstić information content (AvgIpc) is 3.26. The van der Waals surface area contributed by atoms with Crippen molar-refractivity contribution in [1.29, 1.82) is 0 Å². The molecule has 0 bridgehead atoms. The molecular formula is C20H18Cl2N4S. The van der Waals surface area contributed by atoms with E-state index < -0.39 is 0 Å². The van der Waals surface area contributed by atoms with Crippen molar-refractivity contribution < 1.29 is 0 Å². The van der Waals surface area contributed by atoms with E-state index in [2.05, 4.69) is 32.8 Å². The molecule has 0 aliphatic carbocycles. The van der Waals surface area contributed by atoms with Crippen LogP contribution in [0, 0.1) is 0 Å².